The summed E-state index contributed by atoms with van der Waals surface area (Å²) in [5.74, 6) is -1.08. The minimum absolute atomic E-state index is 0.0781. The molecule has 1 rings (SSSR count). The minimum atomic E-state index is -0.601. The second-order valence-corrected chi connectivity index (χ2v) is 5.57. The number of hydrogen-bond donors (Lipinski definition) is 1. The highest BCUT2D eigenvalue weighted by molar-refractivity contribution is 6.33. The molecule has 1 N–H and O–H groups in total. The zero-order valence-electron chi connectivity index (χ0n) is 10.5. The molecular formula is C13H17ClFNO. The van der Waals surface area contributed by atoms with E-state index in [0.29, 0.717) is 0 Å². The molecule has 1 aromatic rings. The number of nitrogens with one attached hydrogen (secondary N) is 1. The number of halogens is 2. The van der Waals surface area contributed by atoms with Gasteiger partial charge in [-0.2, -0.15) is 0 Å². The van der Waals surface area contributed by atoms with E-state index >= 15 is 0 Å². The Labute approximate surface area is 106 Å². The van der Waals surface area contributed by atoms with Crippen molar-refractivity contribution < 1.29 is 9.18 Å². The van der Waals surface area contributed by atoms with Crippen LogP contribution in [0, 0.1) is 11.2 Å². The monoisotopic (exact) mass is 257 g/mol. The Bertz CT molecular complexity index is 406. The summed E-state index contributed by atoms with van der Waals surface area (Å²) in [5, 5.41) is 2.88. The van der Waals surface area contributed by atoms with Crippen LogP contribution in [-0.4, -0.2) is 11.9 Å². The maximum atomic E-state index is 13.5. The Hall–Kier alpha value is -1.09. The van der Waals surface area contributed by atoms with Gasteiger partial charge in [0.05, 0.1) is 10.6 Å². The molecule has 17 heavy (non-hydrogen) atoms. The average Bonchev–Trinajstić information content (AvgIpc) is 2.15. The van der Waals surface area contributed by atoms with E-state index in [2.05, 4.69) is 5.32 Å². The standard InChI is InChI=1S/C13H17ClFNO/c1-8(13(2,3)4)16-12(17)11-9(14)6-5-7-10(11)15/h5-8H,1-4H3,(H,16,17)/t8-/m0/s1. The number of carbonyl (C=O) groups is 1. The molecule has 0 aliphatic rings. The van der Waals surface area contributed by atoms with Crippen LogP contribution in [0.1, 0.15) is 38.1 Å². The first-order valence-corrected chi connectivity index (χ1v) is 5.86. The molecule has 2 nitrogen and oxygen atoms in total. The van der Waals surface area contributed by atoms with E-state index in [9.17, 15) is 9.18 Å². The van der Waals surface area contributed by atoms with Crippen molar-refractivity contribution in [3.8, 4) is 0 Å². The third-order valence-electron chi connectivity index (χ3n) is 2.84. The van der Waals surface area contributed by atoms with Crippen LogP contribution in [0.4, 0.5) is 4.39 Å². The van der Waals surface area contributed by atoms with Crippen LogP contribution in [-0.2, 0) is 0 Å². The third-order valence-corrected chi connectivity index (χ3v) is 3.15. The van der Waals surface area contributed by atoms with Crippen molar-refractivity contribution in [1.29, 1.82) is 0 Å². The van der Waals surface area contributed by atoms with E-state index in [0.717, 1.165) is 0 Å². The molecule has 0 unspecified atom stereocenters. The Morgan fingerprint density at radius 3 is 2.47 bits per heavy atom. The van der Waals surface area contributed by atoms with Crippen LogP contribution >= 0.6 is 11.6 Å². The van der Waals surface area contributed by atoms with Gasteiger partial charge in [0.1, 0.15) is 5.82 Å². The molecule has 0 radical (unpaired) electrons. The molecule has 1 amide bonds. The molecule has 1 atom stereocenters. The van der Waals surface area contributed by atoms with Gasteiger partial charge in [0.2, 0.25) is 0 Å². The average molecular weight is 258 g/mol. The Kier molecular flexibility index (Phi) is 4.15. The molecule has 0 aliphatic heterocycles. The molecular weight excluding hydrogens is 241 g/mol. The molecule has 0 aliphatic carbocycles. The van der Waals surface area contributed by atoms with Gasteiger partial charge in [-0.3, -0.25) is 4.79 Å². The number of amides is 1. The van der Waals surface area contributed by atoms with E-state index in [4.69, 9.17) is 11.6 Å². The van der Waals surface area contributed by atoms with Gasteiger partial charge in [-0.25, -0.2) is 4.39 Å². The van der Waals surface area contributed by atoms with Crippen LogP contribution < -0.4 is 5.32 Å². The summed E-state index contributed by atoms with van der Waals surface area (Å²) in [4.78, 5) is 11.9. The first kappa shape index (κ1) is 14.0. The highest BCUT2D eigenvalue weighted by atomic mass is 35.5. The summed E-state index contributed by atoms with van der Waals surface area (Å²) in [6, 6.07) is 4.12. The van der Waals surface area contributed by atoms with Gasteiger partial charge in [-0.15, -0.1) is 0 Å². The van der Waals surface area contributed by atoms with Crippen molar-refractivity contribution in [2.75, 3.05) is 0 Å². The molecule has 1 aromatic carbocycles. The molecule has 0 saturated heterocycles. The summed E-state index contributed by atoms with van der Waals surface area (Å²) in [7, 11) is 0. The number of rotatable bonds is 2. The lowest BCUT2D eigenvalue weighted by Gasteiger charge is -2.28. The predicted octanol–water partition coefficient (Wildman–Crippen LogP) is 3.64. The maximum absolute atomic E-state index is 13.5. The van der Waals surface area contributed by atoms with Crippen LogP contribution in [0.2, 0.25) is 5.02 Å². The number of benzene rings is 1. The fraction of sp³-hybridized carbons (Fsp3) is 0.462. The van der Waals surface area contributed by atoms with E-state index in [1.165, 1.54) is 18.2 Å². The Morgan fingerprint density at radius 1 is 1.41 bits per heavy atom. The predicted molar refractivity (Wildman–Crippen MR) is 67.8 cm³/mol. The second-order valence-electron chi connectivity index (χ2n) is 5.16. The van der Waals surface area contributed by atoms with Gasteiger partial charge in [0.15, 0.2) is 0 Å². The molecule has 0 saturated carbocycles. The smallest absolute Gasteiger partial charge is 0.256 e. The number of carbonyl (C=O) groups excluding carboxylic acids is 1. The topological polar surface area (TPSA) is 29.1 Å². The van der Waals surface area contributed by atoms with Crippen LogP contribution in [0.3, 0.4) is 0 Å². The lowest BCUT2D eigenvalue weighted by Crippen LogP contribution is -2.41. The summed E-state index contributed by atoms with van der Waals surface area (Å²) < 4.78 is 13.5. The molecule has 0 heterocycles. The Balaban J connectivity index is 2.92. The zero-order chi connectivity index (χ0) is 13.2. The lowest BCUT2D eigenvalue weighted by atomic mass is 9.88. The van der Waals surface area contributed by atoms with Crippen molar-refractivity contribution in [2.45, 2.75) is 33.7 Å². The highest BCUT2D eigenvalue weighted by Gasteiger charge is 2.24. The summed E-state index contributed by atoms with van der Waals surface area (Å²) in [6.07, 6.45) is 0. The first-order chi connectivity index (χ1) is 7.73. The molecule has 0 bridgehead atoms. The molecule has 0 spiro atoms. The van der Waals surface area contributed by atoms with Crippen molar-refractivity contribution in [3.63, 3.8) is 0 Å². The van der Waals surface area contributed by atoms with Crippen LogP contribution in [0.25, 0.3) is 0 Å². The van der Waals surface area contributed by atoms with Gasteiger partial charge < -0.3 is 5.32 Å². The summed E-state index contributed by atoms with van der Waals surface area (Å²) in [5.41, 5.74) is -0.182. The molecule has 4 heteroatoms. The van der Waals surface area contributed by atoms with Crippen molar-refractivity contribution in [3.05, 3.63) is 34.6 Å². The minimum Gasteiger partial charge on any atom is -0.349 e. The van der Waals surface area contributed by atoms with Gasteiger partial charge >= 0.3 is 0 Å². The largest absolute Gasteiger partial charge is 0.349 e. The zero-order valence-corrected chi connectivity index (χ0v) is 11.2. The normalized spacial score (nSPS) is 13.3. The van der Waals surface area contributed by atoms with Crippen molar-refractivity contribution in [1.82, 2.24) is 5.32 Å². The lowest BCUT2D eigenvalue weighted by molar-refractivity contribution is 0.0906. The summed E-state index contributed by atoms with van der Waals surface area (Å²) >= 11 is 5.82. The van der Waals surface area contributed by atoms with Crippen molar-refractivity contribution >= 4 is 17.5 Å². The highest BCUT2D eigenvalue weighted by Crippen LogP contribution is 2.22. The Morgan fingerprint density at radius 2 is 2.00 bits per heavy atom. The van der Waals surface area contributed by atoms with Gasteiger partial charge in [0.25, 0.3) is 5.91 Å². The maximum Gasteiger partial charge on any atom is 0.256 e. The molecule has 0 fully saturated rings. The SMILES string of the molecule is C[C@H](NC(=O)c1c(F)cccc1Cl)C(C)(C)C. The fourth-order valence-electron chi connectivity index (χ4n) is 1.20. The second kappa shape index (κ2) is 5.05. The molecule has 0 aromatic heterocycles. The van der Waals surface area contributed by atoms with Crippen LogP contribution in [0.15, 0.2) is 18.2 Å². The van der Waals surface area contributed by atoms with Crippen LogP contribution in [0.5, 0.6) is 0 Å². The van der Waals surface area contributed by atoms with E-state index in [-0.39, 0.29) is 22.0 Å². The third kappa shape index (κ3) is 3.43. The summed E-state index contributed by atoms with van der Waals surface area (Å²) in [6.45, 7) is 7.88. The van der Waals surface area contributed by atoms with Crippen molar-refractivity contribution in [2.24, 2.45) is 5.41 Å². The first-order valence-electron chi connectivity index (χ1n) is 5.48. The van der Waals surface area contributed by atoms with E-state index < -0.39 is 11.7 Å². The van der Waals surface area contributed by atoms with E-state index in [1.54, 1.807) is 0 Å². The van der Waals surface area contributed by atoms with Gasteiger partial charge in [0, 0.05) is 6.04 Å². The quantitative estimate of drug-likeness (QED) is 0.861. The number of hydrogen-bond acceptors (Lipinski definition) is 1. The van der Waals surface area contributed by atoms with E-state index in [1.807, 2.05) is 27.7 Å². The van der Waals surface area contributed by atoms with Gasteiger partial charge in [-0.1, -0.05) is 38.4 Å². The molecule has 94 valence electrons. The van der Waals surface area contributed by atoms with Gasteiger partial charge in [-0.05, 0) is 24.5 Å². The fourth-order valence-corrected chi connectivity index (χ4v) is 1.45.